The molecule has 2 aliphatic rings. The Bertz CT molecular complexity index is 1650. The highest BCUT2D eigenvalue weighted by Crippen LogP contribution is 2.53. The quantitative estimate of drug-likeness (QED) is 0.0615. The lowest BCUT2D eigenvalue weighted by atomic mass is 9.68. The number of unbranched alkanes of at least 4 members (excludes halogenated alkanes) is 4. The van der Waals surface area contributed by atoms with Crippen LogP contribution in [0.15, 0.2) is 59.2 Å². The van der Waals surface area contributed by atoms with Gasteiger partial charge in [-0.2, -0.15) is 0 Å². The molecule has 0 radical (unpaired) electrons. The van der Waals surface area contributed by atoms with Gasteiger partial charge in [0.25, 0.3) is 0 Å². The minimum Gasteiger partial charge on any atom is -0.508 e. The van der Waals surface area contributed by atoms with E-state index < -0.39 is 0 Å². The Morgan fingerprint density at radius 3 is 1.87 bits per heavy atom. The Labute approximate surface area is 364 Å². The van der Waals surface area contributed by atoms with Crippen LogP contribution < -0.4 is 14.2 Å². The number of benzene rings is 2. The third kappa shape index (κ3) is 16.9. The first-order chi connectivity index (χ1) is 29.0. The fourth-order valence-electron chi connectivity index (χ4n) is 8.30. The molecule has 60 heavy (non-hydrogen) atoms. The van der Waals surface area contributed by atoms with Crippen LogP contribution in [0.2, 0.25) is 0 Å². The third-order valence-electron chi connectivity index (χ3n) is 11.7. The molecule has 0 amide bonds. The largest absolute Gasteiger partial charge is 0.508 e. The first-order valence-electron chi connectivity index (χ1n) is 23.3. The zero-order valence-corrected chi connectivity index (χ0v) is 38.8. The molecule has 2 aromatic carbocycles. The lowest BCUT2D eigenvalue weighted by Gasteiger charge is -2.46. The first-order valence-corrected chi connectivity index (χ1v) is 23.3. The standard InChI is InChI=1S/C52H80O8/c1-9-11-13-18-42-35-47(53)44(22-20-40(5)17-15-16-39(3)4)48(36-42)58-32-30-56-28-26-54-24-25-55-27-29-57-31-33-59-49-37-43(19-14-12-10-2)38-50-51(49)45-34-41(6)21-23-46(45)52(7,8)60-50/h16,20,34-38,45-46,53H,9-15,17-19,21-33H2,1-8H3/b40-20+/t45-,46-/m1/s1. The summed E-state index contributed by atoms with van der Waals surface area (Å²) in [6.45, 7) is 22.4. The monoisotopic (exact) mass is 833 g/mol. The van der Waals surface area contributed by atoms with Crippen LogP contribution in [0, 0.1) is 5.92 Å². The van der Waals surface area contributed by atoms with Gasteiger partial charge in [-0.25, -0.2) is 0 Å². The van der Waals surface area contributed by atoms with Gasteiger partial charge < -0.3 is 38.3 Å². The van der Waals surface area contributed by atoms with Crippen molar-refractivity contribution in [3.05, 3.63) is 81.5 Å². The van der Waals surface area contributed by atoms with Crippen LogP contribution in [-0.2, 0) is 38.2 Å². The molecule has 1 N–H and O–H groups in total. The maximum atomic E-state index is 11.0. The maximum Gasteiger partial charge on any atom is 0.127 e. The predicted molar refractivity (Wildman–Crippen MR) is 245 cm³/mol. The number of phenols is 1. The summed E-state index contributed by atoms with van der Waals surface area (Å²) in [5, 5.41) is 11.0. The fraction of sp³-hybridized carbons (Fsp3) is 0.654. The Balaban J connectivity index is 1.10. The Kier molecular flexibility index (Phi) is 22.1. The number of ether oxygens (including phenoxy) is 7. The maximum absolute atomic E-state index is 11.0. The fourth-order valence-corrected chi connectivity index (χ4v) is 8.30. The minimum absolute atomic E-state index is 0.215. The molecule has 1 heterocycles. The minimum atomic E-state index is -0.215. The summed E-state index contributed by atoms with van der Waals surface area (Å²) in [5.74, 6) is 3.71. The molecule has 0 saturated carbocycles. The van der Waals surface area contributed by atoms with E-state index in [0.29, 0.717) is 90.1 Å². The Hall–Kier alpha value is -3.30. The van der Waals surface area contributed by atoms with Gasteiger partial charge >= 0.3 is 0 Å². The van der Waals surface area contributed by atoms with Gasteiger partial charge in [0, 0.05) is 23.0 Å². The van der Waals surface area contributed by atoms with Crippen LogP contribution in [-0.4, -0.2) is 76.8 Å². The number of aromatic hydroxyl groups is 1. The van der Waals surface area contributed by atoms with Gasteiger partial charge in [-0.15, -0.1) is 0 Å². The molecule has 0 bridgehead atoms. The van der Waals surface area contributed by atoms with Crippen molar-refractivity contribution in [2.75, 3.05) is 66.1 Å². The molecule has 1 aliphatic heterocycles. The lowest BCUT2D eigenvalue weighted by Crippen LogP contribution is -2.45. The summed E-state index contributed by atoms with van der Waals surface area (Å²) in [6, 6.07) is 8.52. The van der Waals surface area contributed by atoms with Gasteiger partial charge in [-0.1, -0.05) is 74.5 Å². The second-order valence-corrected chi connectivity index (χ2v) is 17.6. The molecular formula is C52H80O8. The number of allylic oxidation sites excluding steroid dienone is 6. The number of fused-ring (bicyclic) bond motifs is 3. The van der Waals surface area contributed by atoms with E-state index in [0.717, 1.165) is 79.7 Å². The summed E-state index contributed by atoms with van der Waals surface area (Å²) >= 11 is 0. The molecule has 336 valence electrons. The van der Waals surface area contributed by atoms with Crippen molar-refractivity contribution in [1.82, 2.24) is 0 Å². The average Bonchev–Trinajstić information content (AvgIpc) is 3.19. The van der Waals surface area contributed by atoms with Gasteiger partial charge in [0.1, 0.15) is 41.8 Å². The van der Waals surface area contributed by atoms with E-state index in [1.165, 1.54) is 53.5 Å². The highest BCUT2D eigenvalue weighted by Gasteiger charge is 2.45. The van der Waals surface area contributed by atoms with Crippen molar-refractivity contribution in [3.63, 3.8) is 0 Å². The Morgan fingerprint density at radius 1 is 0.733 bits per heavy atom. The van der Waals surface area contributed by atoms with Crippen LogP contribution in [0.25, 0.3) is 0 Å². The third-order valence-corrected chi connectivity index (χ3v) is 11.7. The summed E-state index contributed by atoms with van der Waals surface area (Å²) in [5.41, 5.74) is 8.32. The summed E-state index contributed by atoms with van der Waals surface area (Å²) in [4.78, 5) is 0. The van der Waals surface area contributed by atoms with Crippen molar-refractivity contribution in [1.29, 1.82) is 0 Å². The van der Waals surface area contributed by atoms with E-state index in [-0.39, 0.29) is 5.60 Å². The average molecular weight is 833 g/mol. The molecule has 8 nitrogen and oxygen atoms in total. The van der Waals surface area contributed by atoms with Crippen LogP contribution in [0.4, 0.5) is 0 Å². The molecule has 0 unspecified atom stereocenters. The number of phenolic OH excluding ortho intramolecular Hbond substituents is 1. The molecule has 0 spiro atoms. The molecule has 0 saturated heterocycles. The summed E-state index contributed by atoms with van der Waals surface area (Å²) < 4.78 is 42.5. The second kappa shape index (κ2) is 26.9. The molecule has 2 atom stereocenters. The smallest absolute Gasteiger partial charge is 0.127 e. The summed E-state index contributed by atoms with van der Waals surface area (Å²) in [6.07, 6.45) is 20.8. The van der Waals surface area contributed by atoms with Crippen molar-refractivity contribution in [2.45, 2.75) is 150 Å². The van der Waals surface area contributed by atoms with Crippen LogP contribution >= 0.6 is 0 Å². The van der Waals surface area contributed by atoms with E-state index in [2.05, 4.69) is 91.8 Å². The Morgan fingerprint density at radius 2 is 1.28 bits per heavy atom. The number of aryl methyl sites for hydroxylation is 2. The second-order valence-electron chi connectivity index (χ2n) is 17.6. The molecule has 8 heteroatoms. The highest BCUT2D eigenvalue weighted by atomic mass is 16.6. The molecule has 2 aromatic rings. The van der Waals surface area contributed by atoms with E-state index in [9.17, 15) is 5.11 Å². The topological polar surface area (TPSA) is 84.8 Å². The van der Waals surface area contributed by atoms with E-state index >= 15 is 0 Å². The first kappa shape index (κ1) is 49.4. The van der Waals surface area contributed by atoms with Gasteiger partial charge in [0.2, 0.25) is 0 Å². The van der Waals surface area contributed by atoms with Crippen molar-refractivity contribution >= 4 is 0 Å². The molecule has 0 fully saturated rings. The van der Waals surface area contributed by atoms with E-state index in [1.807, 2.05) is 6.07 Å². The normalized spacial score (nSPS) is 17.1. The van der Waals surface area contributed by atoms with Gasteiger partial charge in [-0.05, 0) is 135 Å². The molecule has 1 aliphatic carbocycles. The van der Waals surface area contributed by atoms with Gasteiger partial charge in [-0.3, -0.25) is 0 Å². The number of rotatable bonds is 30. The molecule has 0 aromatic heterocycles. The lowest BCUT2D eigenvalue weighted by molar-refractivity contribution is -0.00740. The van der Waals surface area contributed by atoms with E-state index in [1.54, 1.807) is 0 Å². The summed E-state index contributed by atoms with van der Waals surface area (Å²) in [7, 11) is 0. The zero-order chi connectivity index (χ0) is 43.2. The van der Waals surface area contributed by atoms with Crippen molar-refractivity contribution in [2.24, 2.45) is 5.92 Å². The van der Waals surface area contributed by atoms with Crippen LogP contribution in [0.1, 0.15) is 148 Å². The van der Waals surface area contributed by atoms with Crippen molar-refractivity contribution in [3.8, 4) is 23.0 Å². The van der Waals surface area contributed by atoms with Gasteiger partial charge in [0.05, 0.1) is 52.9 Å². The molecular weight excluding hydrogens is 753 g/mol. The van der Waals surface area contributed by atoms with Crippen molar-refractivity contribution < 1.29 is 38.3 Å². The number of hydrogen-bond acceptors (Lipinski definition) is 8. The van der Waals surface area contributed by atoms with Crippen LogP contribution in [0.5, 0.6) is 23.0 Å². The predicted octanol–water partition coefficient (Wildman–Crippen LogP) is 12.2. The number of hydrogen-bond donors (Lipinski definition) is 1. The van der Waals surface area contributed by atoms with Crippen LogP contribution in [0.3, 0.4) is 0 Å². The van der Waals surface area contributed by atoms with Gasteiger partial charge in [0.15, 0.2) is 0 Å². The van der Waals surface area contributed by atoms with E-state index in [4.69, 9.17) is 33.2 Å². The highest BCUT2D eigenvalue weighted by molar-refractivity contribution is 5.55. The zero-order valence-electron chi connectivity index (χ0n) is 38.8. The molecule has 4 rings (SSSR count). The SMILES string of the molecule is CCCCCc1cc(O)c(C/C=C(\C)CCC=C(C)C)c(OCCOCCOCCOCCOCCOc2cc(CCCCC)cc3c2[C@@H]2C=C(C)CC[C@H]2C(C)(C)O3)c1.